The number of benzene rings is 1. The Morgan fingerprint density at radius 2 is 1.97 bits per heavy atom. The van der Waals surface area contributed by atoms with Crippen molar-refractivity contribution in [3.63, 3.8) is 0 Å². The van der Waals surface area contributed by atoms with Crippen molar-refractivity contribution in [3.8, 4) is 5.69 Å². The maximum absolute atomic E-state index is 13.2. The van der Waals surface area contributed by atoms with Gasteiger partial charge < -0.3 is 9.47 Å². The lowest BCUT2D eigenvalue weighted by Gasteiger charge is -2.48. The number of aromatic nitrogens is 2. The van der Waals surface area contributed by atoms with E-state index in [0.717, 1.165) is 55.3 Å². The minimum Gasteiger partial charge on any atom is -0.338 e. The molecule has 2 aromatic heterocycles. The number of aryl methyl sites for hydroxylation is 1. The fourth-order valence-electron chi connectivity index (χ4n) is 5.26. The standard InChI is InChI=1S/C25H30N4OS/c1-18(2)16-28-17-20-6-4-5-7-21(20)29-14-11-26-24(29)25(28)9-12-27(13-10-25)23(30)22-19(3)8-15-31-22/h4-8,11,14-15,18H,9-10,12-13,16-17H2,1-3H3. The Bertz CT molecular complexity index is 1090. The maximum Gasteiger partial charge on any atom is 0.264 e. The molecule has 1 fully saturated rings. The minimum atomic E-state index is -0.159. The average Bonchev–Trinajstić information content (AvgIpc) is 3.40. The van der Waals surface area contributed by atoms with Gasteiger partial charge in [0.1, 0.15) is 5.82 Å². The number of hydrogen-bond donors (Lipinski definition) is 0. The lowest BCUT2D eigenvalue weighted by molar-refractivity contribution is 0.000907. The number of carbonyl (C=O) groups is 1. The molecule has 162 valence electrons. The van der Waals surface area contributed by atoms with Crippen LogP contribution >= 0.6 is 11.3 Å². The maximum atomic E-state index is 13.2. The largest absolute Gasteiger partial charge is 0.338 e. The van der Waals surface area contributed by atoms with Crippen molar-refractivity contribution < 1.29 is 4.79 Å². The molecule has 2 aliphatic rings. The summed E-state index contributed by atoms with van der Waals surface area (Å²) in [4.78, 5) is 23.6. The second-order valence-electron chi connectivity index (χ2n) is 9.28. The van der Waals surface area contributed by atoms with Gasteiger partial charge in [0.05, 0.1) is 16.1 Å². The molecule has 0 radical (unpaired) electrons. The van der Waals surface area contributed by atoms with Crippen LogP contribution < -0.4 is 0 Å². The van der Waals surface area contributed by atoms with Gasteiger partial charge in [-0.1, -0.05) is 32.0 Å². The van der Waals surface area contributed by atoms with Crippen LogP contribution in [0.4, 0.5) is 0 Å². The molecular formula is C25H30N4OS. The van der Waals surface area contributed by atoms with Gasteiger partial charge in [-0.3, -0.25) is 9.69 Å². The summed E-state index contributed by atoms with van der Waals surface area (Å²) >= 11 is 1.55. The van der Waals surface area contributed by atoms with Gasteiger partial charge in [0.15, 0.2) is 0 Å². The highest BCUT2D eigenvalue weighted by atomic mass is 32.1. The van der Waals surface area contributed by atoms with E-state index in [1.807, 2.05) is 29.5 Å². The molecule has 2 aliphatic heterocycles. The third-order valence-electron chi connectivity index (χ3n) is 6.79. The predicted octanol–water partition coefficient (Wildman–Crippen LogP) is 4.85. The summed E-state index contributed by atoms with van der Waals surface area (Å²) in [6.07, 6.45) is 5.84. The van der Waals surface area contributed by atoms with E-state index < -0.39 is 0 Å². The van der Waals surface area contributed by atoms with Crippen molar-refractivity contribution in [2.24, 2.45) is 5.92 Å². The van der Waals surface area contributed by atoms with Crippen molar-refractivity contribution in [2.75, 3.05) is 19.6 Å². The molecule has 4 heterocycles. The summed E-state index contributed by atoms with van der Waals surface area (Å²) in [7, 11) is 0. The molecule has 5 nitrogen and oxygen atoms in total. The summed E-state index contributed by atoms with van der Waals surface area (Å²) in [6.45, 7) is 10.0. The van der Waals surface area contributed by atoms with Gasteiger partial charge in [-0.2, -0.15) is 0 Å². The molecule has 0 saturated carbocycles. The number of likely N-dealkylation sites (tertiary alicyclic amines) is 1. The summed E-state index contributed by atoms with van der Waals surface area (Å²) in [5, 5.41) is 2.01. The molecule has 1 amide bonds. The van der Waals surface area contributed by atoms with Gasteiger partial charge in [0.2, 0.25) is 0 Å². The Morgan fingerprint density at radius 1 is 1.19 bits per heavy atom. The van der Waals surface area contributed by atoms with Gasteiger partial charge >= 0.3 is 0 Å². The molecule has 6 heteroatoms. The number of hydrogen-bond acceptors (Lipinski definition) is 4. The number of carbonyl (C=O) groups excluding carboxylic acids is 1. The Balaban J connectivity index is 1.51. The van der Waals surface area contributed by atoms with E-state index in [1.165, 1.54) is 11.3 Å². The molecule has 0 aliphatic carbocycles. The molecular weight excluding hydrogens is 404 g/mol. The molecule has 0 N–H and O–H groups in total. The molecule has 1 saturated heterocycles. The number of rotatable bonds is 3. The molecule has 5 rings (SSSR count). The van der Waals surface area contributed by atoms with Crippen LogP contribution in [0.15, 0.2) is 48.1 Å². The third-order valence-corrected chi connectivity index (χ3v) is 7.80. The molecule has 1 aromatic carbocycles. The SMILES string of the molecule is Cc1ccsc1C(=O)N1CCC2(CC1)c1nccn1-c1ccccc1CN2CC(C)C. The highest BCUT2D eigenvalue weighted by Gasteiger charge is 2.47. The fraction of sp³-hybridized carbons (Fsp3) is 0.440. The van der Waals surface area contributed by atoms with Crippen LogP contribution in [0.2, 0.25) is 0 Å². The van der Waals surface area contributed by atoms with Gasteiger partial charge in [-0.25, -0.2) is 4.98 Å². The number of thiophene rings is 1. The van der Waals surface area contributed by atoms with Gasteiger partial charge in [-0.05, 0) is 54.3 Å². The molecule has 0 unspecified atom stereocenters. The Kier molecular flexibility index (Phi) is 5.22. The zero-order valence-corrected chi connectivity index (χ0v) is 19.4. The summed E-state index contributed by atoms with van der Waals surface area (Å²) in [6, 6.07) is 10.7. The molecule has 0 atom stereocenters. The van der Waals surface area contributed by atoms with Crippen LogP contribution in [0.1, 0.15) is 53.3 Å². The topological polar surface area (TPSA) is 41.4 Å². The number of fused-ring (bicyclic) bond motifs is 4. The lowest BCUT2D eigenvalue weighted by Crippen LogP contribution is -2.55. The fourth-order valence-corrected chi connectivity index (χ4v) is 6.15. The Morgan fingerprint density at radius 3 is 2.68 bits per heavy atom. The highest BCUT2D eigenvalue weighted by Crippen LogP contribution is 2.43. The number of piperidine rings is 1. The van der Waals surface area contributed by atoms with Gasteiger partial charge in [-0.15, -0.1) is 11.3 Å². The zero-order valence-electron chi connectivity index (χ0n) is 18.5. The van der Waals surface area contributed by atoms with E-state index in [2.05, 4.69) is 53.8 Å². The second kappa shape index (κ2) is 7.92. The number of nitrogens with zero attached hydrogens (tertiary/aromatic N) is 4. The van der Waals surface area contributed by atoms with Crippen molar-refractivity contribution in [3.05, 3.63) is 69.9 Å². The predicted molar refractivity (Wildman–Crippen MR) is 125 cm³/mol. The van der Waals surface area contributed by atoms with Gasteiger partial charge in [0, 0.05) is 38.6 Å². The smallest absolute Gasteiger partial charge is 0.264 e. The summed E-state index contributed by atoms with van der Waals surface area (Å²) < 4.78 is 2.29. The third kappa shape index (κ3) is 3.42. The van der Waals surface area contributed by atoms with E-state index in [1.54, 1.807) is 11.3 Å². The highest BCUT2D eigenvalue weighted by molar-refractivity contribution is 7.12. The van der Waals surface area contributed by atoms with Crippen molar-refractivity contribution in [2.45, 2.75) is 45.7 Å². The van der Waals surface area contributed by atoms with Crippen LogP contribution in [0.5, 0.6) is 0 Å². The van der Waals surface area contributed by atoms with Crippen LogP contribution in [0.3, 0.4) is 0 Å². The molecule has 1 spiro atoms. The van der Waals surface area contributed by atoms with E-state index in [-0.39, 0.29) is 11.4 Å². The normalized spacial score (nSPS) is 18.1. The van der Waals surface area contributed by atoms with E-state index >= 15 is 0 Å². The minimum absolute atomic E-state index is 0.159. The monoisotopic (exact) mass is 434 g/mol. The molecule has 31 heavy (non-hydrogen) atoms. The first kappa shape index (κ1) is 20.5. The molecule has 3 aromatic rings. The van der Waals surface area contributed by atoms with Crippen LogP contribution in [-0.4, -0.2) is 44.9 Å². The number of amides is 1. The number of imidazole rings is 1. The van der Waals surface area contributed by atoms with Crippen molar-refractivity contribution in [1.29, 1.82) is 0 Å². The average molecular weight is 435 g/mol. The summed E-state index contributed by atoms with van der Waals surface area (Å²) in [5.41, 5.74) is 3.49. The first-order chi connectivity index (χ1) is 15.0. The lowest BCUT2D eigenvalue weighted by atomic mass is 9.83. The Labute approximate surface area is 188 Å². The quantitative estimate of drug-likeness (QED) is 0.592. The van der Waals surface area contributed by atoms with Crippen LogP contribution in [0.25, 0.3) is 5.69 Å². The summed E-state index contributed by atoms with van der Waals surface area (Å²) in [5.74, 6) is 1.86. The van der Waals surface area contributed by atoms with Gasteiger partial charge in [0.25, 0.3) is 5.91 Å². The van der Waals surface area contributed by atoms with E-state index in [0.29, 0.717) is 5.92 Å². The van der Waals surface area contributed by atoms with Crippen molar-refractivity contribution in [1.82, 2.24) is 19.4 Å². The first-order valence-electron chi connectivity index (χ1n) is 11.2. The zero-order chi connectivity index (χ0) is 21.6. The first-order valence-corrected chi connectivity index (χ1v) is 12.1. The Hall–Kier alpha value is -2.44. The van der Waals surface area contributed by atoms with Crippen LogP contribution in [0, 0.1) is 12.8 Å². The van der Waals surface area contributed by atoms with Crippen LogP contribution in [-0.2, 0) is 12.1 Å². The molecule has 0 bridgehead atoms. The van der Waals surface area contributed by atoms with Crippen molar-refractivity contribution >= 4 is 17.2 Å². The second-order valence-corrected chi connectivity index (χ2v) is 10.2. The van der Waals surface area contributed by atoms with E-state index in [4.69, 9.17) is 4.98 Å². The van der Waals surface area contributed by atoms with E-state index in [9.17, 15) is 4.79 Å². The number of para-hydroxylation sites is 1.